The van der Waals surface area contributed by atoms with Gasteiger partial charge in [-0.3, -0.25) is 4.90 Å². The Labute approximate surface area is 120 Å². The van der Waals surface area contributed by atoms with E-state index in [1.807, 2.05) is 30.3 Å². The molecule has 1 unspecified atom stereocenters. The molecule has 1 aliphatic heterocycles. The monoisotopic (exact) mass is 276 g/mol. The Bertz CT molecular complexity index is 473. The lowest BCUT2D eigenvalue weighted by Gasteiger charge is -2.32. The van der Waals surface area contributed by atoms with Gasteiger partial charge in [0.05, 0.1) is 7.11 Å². The summed E-state index contributed by atoms with van der Waals surface area (Å²) >= 11 is 0. The van der Waals surface area contributed by atoms with E-state index in [-0.39, 0.29) is 11.4 Å². The first kappa shape index (κ1) is 15.0. The standard InChI is InChI=1S/C16H24N2O2/c1-15(2)9-10-18(11-15)12-16(17,14(19)20-3)13-7-5-4-6-8-13/h4-8H,9-12,17H2,1-3H3. The molecule has 1 aromatic rings. The average Bonchev–Trinajstić information content (AvgIpc) is 2.77. The van der Waals surface area contributed by atoms with Crippen molar-refractivity contribution in [3.63, 3.8) is 0 Å². The fraction of sp³-hybridized carbons (Fsp3) is 0.562. The number of nitrogens with zero attached hydrogens (tertiary/aromatic N) is 1. The van der Waals surface area contributed by atoms with Gasteiger partial charge in [-0.2, -0.15) is 0 Å². The van der Waals surface area contributed by atoms with Crippen molar-refractivity contribution in [3.8, 4) is 0 Å². The minimum Gasteiger partial charge on any atom is -0.467 e. The number of hydrogen-bond acceptors (Lipinski definition) is 4. The van der Waals surface area contributed by atoms with Crippen LogP contribution in [0, 0.1) is 5.41 Å². The summed E-state index contributed by atoms with van der Waals surface area (Å²) in [5, 5.41) is 0. The van der Waals surface area contributed by atoms with Crippen LogP contribution in [0.25, 0.3) is 0 Å². The Morgan fingerprint density at radius 1 is 1.40 bits per heavy atom. The van der Waals surface area contributed by atoms with Gasteiger partial charge in [0.15, 0.2) is 5.54 Å². The number of ether oxygens (including phenoxy) is 1. The molecule has 4 heteroatoms. The van der Waals surface area contributed by atoms with Gasteiger partial charge in [-0.05, 0) is 23.9 Å². The van der Waals surface area contributed by atoms with Gasteiger partial charge in [0.25, 0.3) is 0 Å². The fourth-order valence-corrected chi connectivity index (χ4v) is 2.90. The number of rotatable bonds is 4. The second-order valence-corrected chi connectivity index (χ2v) is 6.45. The first-order chi connectivity index (χ1) is 9.37. The van der Waals surface area contributed by atoms with Gasteiger partial charge in [0.1, 0.15) is 0 Å². The van der Waals surface area contributed by atoms with Crippen LogP contribution in [0.3, 0.4) is 0 Å². The van der Waals surface area contributed by atoms with Crippen LogP contribution in [-0.2, 0) is 15.1 Å². The number of methoxy groups -OCH3 is 1. The van der Waals surface area contributed by atoms with Crippen LogP contribution in [0.2, 0.25) is 0 Å². The van der Waals surface area contributed by atoms with E-state index in [4.69, 9.17) is 10.5 Å². The fourth-order valence-electron chi connectivity index (χ4n) is 2.90. The van der Waals surface area contributed by atoms with Gasteiger partial charge in [-0.25, -0.2) is 4.79 Å². The number of carbonyl (C=O) groups excluding carboxylic acids is 1. The second-order valence-electron chi connectivity index (χ2n) is 6.45. The van der Waals surface area contributed by atoms with E-state index in [2.05, 4.69) is 18.7 Å². The van der Waals surface area contributed by atoms with Crippen LogP contribution in [0.4, 0.5) is 0 Å². The van der Waals surface area contributed by atoms with Crippen LogP contribution in [0.5, 0.6) is 0 Å². The van der Waals surface area contributed by atoms with Crippen LogP contribution in [-0.4, -0.2) is 37.6 Å². The molecular weight excluding hydrogens is 252 g/mol. The molecule has 4 nitrogen and oxygen atoms in total. The zero-order valence-corrected chi connectivity index (χ0v) is 12.6. The van der Waals surface area contributed by atoms with E-state index in [1.165, 1.54) is 7.11 Å². The molecule has 1 fully saturated rings. The maximum Gasteiger partial charge on any atom is 0.331 e. The summed E-state index contributed by atoms with van der Waals surface area (Å²) in [6.07, 6.45) is 1.12. The molecule has 1 aliphatic rings. The summed E-state index contributed by atoms with van der Waals surface area (Å²) in [6.45, 7) is 6.90. The lowest BCUT2D eigenvalue weighted by Crippen LogP contribution is -2.53. The number of nitrogens with two attached hydrogens (primary N) is 1. The number of benzene rings is 1. The highest BCUT2D eigenvalue weighted by Crippen LogP contribution is 2.31. The molecule has 0 amide bonds. The molecule has 0 bridgehead atoms. The third kappa shape index (κ3) is 3.02. The molecule has 0 spiro atoms. The summed E-state index contributed by atoms with van der Waals surface area (Å²) < 4.78 is 4.94. The predicted molar refractivity (Wildman–Crippen MR) is 79.2 cm³/mol. The normalized spacial score (nSPS) is 21.4. The highest BCUT2D eigenvalue weighted by Gasteiger charge is 2.41. The van der Waals surface area contributed by atoms with E-state index < -0.39 is 5.54 Å². The predicted octanol–water partition coefficient (Wildman–Crippen LogP) is 1.75. The summed E-state index contributed by atoms with van der Waals surface area (Å²) in [5.74, 6) is -0.381. The molecule has 2 rings (SSSR count). The minimum atomic E-state index is -1.10. The molecule has 0 radical (unpaired) electrons. The van der Waals surface area contributed by atoms with Gasteiger partial charge in [-0.1, -0.05) is 44.2 Å². The Hall–Kier alpha value is -1.39. The zero-order valence-electron chi connectivity index (χ0n) is 12.6. The van der Waals surface area contributed by atoms with Crippen molar-refractivity contribution in [1.82, 2.24) is 4.90 Å². The number of esters is 1. The topological polar surface area (TPSA) is 55.6 Å². The van der Waals surface area contributed by atoms with Crippen molar-refractivity contribution in [2.75, 3.05) is 26.7 Å². The van der Waals surface area contributed by atoms with Gasteiger partial charge >= 0.3 is 5.97 Å². The van der Waals surface area contributed by atoms with Crippen LogP contribution in [0.15, 0.2) is 30.3 Å². The SMILES string of the molecule is COC(=O)C(N)(CN1CCC(C)(C)C1)c1ccccc1. The molecule has 110 valence electrons. The van der Waals surface area contributed by atoms with Crippen LogP contribution in [0.1, 0.15) is 25.8 Å². The van der Waals surface area contributed by atoms with Gasteiger partial charge in [0.2, 0.25) is 0 Å². The summed E-state index contributed by atoms with van der Waals surface area (Å²) in [6, 6.07) is 9.48. The lowest BCUT2D eigenvalue weighted by molar-refractivity contribution is -0.148. The second kappa shape index (κ2) is 5.54. The molecule has 0 aliphatic carbocycles. The van der Waals surface area contributed by atoms with E-state index in [1.54, 1.807) is 0 Å². The molecule has 0 saturated carbocycles. The highest BCUT2D eigenvalue weighted by atomic mass is 16.5. The van der Waals surface area contributed by atoms with Crippen molar-refractivity contribution >= 4 is 5.97 Å². The molecule has 0 aromatic heterocycles. The zero-order chi connectivity index (χ0) is 14.8. The minimum absolute atomic E-state index is 0.285. The molecule has 1 atom stereocenters. The Morgan fingerprint density at radius 3 is 2.55 bits per heavy atom. The number of hydrogen-bond donors (Lipinski definition) is 1. The summed E-state index contributed by atoms with van der Waals surface area (Å²) in [5.41, 5.74) is 6.41. The molecule has 1 saturated heterocycles. The average molecular weight is 276 g/mol. The third-order valence-corrected chi connectivity index (χ3v) is 4.07. The van der Waals surface area contributed by atoms with E-state index in [9.17, 15) is 4.79 Å². The molecule has 20 heavy (non-hydrogen) atoms. The third-order valence-electron chi connectivity index (χ3n) is 4.07. The van der Waals surface area contributed by atoms with Gasteiger partial charge < -0.3 is 10.5 Å². The molecule has 1 aromatic carbocycles. The van der Waals surface area contributed by atoms with E-state index in [0.29, 0.717) is 6.54 Å². The van der Waals surface area contributed by atoms with Crippen molar-refractivity contribution in [3.05, 3.63) is 35.9 Å². The van der Waals surface area contributed by atoms with Gasteiger partial charge in [-0.15, -0.1) is 0 Å². The number of likely N-dealkylation sites (tertiary alicyclic amines) is 1. The van der Waals surface area contributed by atoms with E-state index >= 15 is 0 Å². The Morgan fingerprint density at radius 2 is 2.05 bits per heavy atom. The first-order valence-corrected chi connectivity index (χ1v) is 7.03. The number of carbonyl (C=O) groups is 1. The highest BCUT2D eigenvalue weighted by molar-refractivity contribution is 5.82. The summed E-state index contributed by atoms with van der Waals surface area (Å²) in [4.78, 5) is 14.5. The Balaban J connectivity index is 2.23. The molecule has 2 N–H and O–H groups in total. The summed E-state index contributed by atoms with van der Waals surface area (Å²) in [7, 11) is 1.39. The smallest absolute Gasteiger partial charge is 0.331 e. The van der Waals surface area contributed by atoms with Crippen LogP contribution >= 0.6 is 0 Å². The van der Waals surface area contributed by atoms with Crippen molar-refractivity contribution in [1.29, 1.82) is 0 Å². The maximum atomic E-state index is 12.2. The maximum absolute atomic E-state index is 12.2. The Kier molecular flexibility index (Phi) is 4.16. The first-order valence-electron chi connectivity index (χ1n) is 7.03. The van der Waals surface area contributed by atoms with Gasteiger partial charge in [0, 0.05) is 13.1 Å². The lowest BCUT2D eigenvalue weighted by atomic mass is 9.90. The quantitative estimate of drug-likeness (QED) is 0.851. The molecule has 1 heterocycles. The van der Waals surface area contributed by atoms with Crippen molar-refractivity contribution < 1.29 is 9.53 Å². The van der Waals surface area contributed by atoms with Crippen molar-refractivity contribution in [2.24, 2.45) is 11.1 Å². The van der Waals surface area contributed by atoms with E-state index in [0.717, 1.165) is 25.1 Å². The van der Waals surface area contributed by atoms with Crippen LogP contribution < -0.4 is 5.73 Å². The van der Waals surface area contributed by atoms with Crippen molar-refractivity contribution in [2.45, 2.75) is 25.8 Å². The largest absolute Gasteiger partial charge is 0.467 e. The molecular formula is C16H24N2O2.